The summed E-state index contributed by atoms with van der Waals surface area (Å²) in [7, 11) is 0. The number of fused-ring (bicyclic) bond motifs is 1. The molecule has 2 aromatic heterocycles. The summed E-state index contributed by atoms with van der Waals surface area (Å²) in [5.74, 6) is 1.05. The first-order chi connectivity index (χ1) is 13.4. The smallest absolute Gasteiger partial charge is 0.259 e. The van der Waals surface area contributed by atoms with Crippen molar-refractivity contribution in [3.8, 4) is 0 Å². The summed E-state index contributed by atoms with van der Waals surface area (Å²) < 4.78 is 5.45. The molecule has 6 heteroatoms. The van der Waals surface area contributed by atoms with Gasteiger partial charge in [-0.2, -0.15) is 0 Å². The van der Waals surface area contributed by atoms with Crippen LogP contribution in [0.4, 0.5) is 5.69 Å². The van der Waals surface area contributed by atoms with Crippen LogP contribution in [0.15, 0.2) is 40.1 Å². The van der Waals surface area contributed by atoms with Crippen LogP contribution in [0.25, 0.3) is 0 Å². The number of amides is 2. The standard InChI is InChI=1S/C22H22N2O3S/c1-13-11-18(15(3)27-13)21(25)23-19-6-4-5-17(14(19)2)22(26)24-9-7-20-16(12-24)8-10-28-20/h4-6,8,10-11H,7,9,12H2,1-3H3,(H,23,25). The van der Waals surface area contributed by atoms with Gasteiger partial charge in [0.25, 0.3) is 11.8 Å². The Morgan fingerprint density at radius 2 is 1.96 bits per heavy atom. The topological polar surface area (TPSA) is 62.6 Å². The fourth-order valence-electron chi connectivity index (χ4n) is 3.64. The van der Waals surface area contributed by atoms with Gasteiger partial charge < -0.3 is 14.6 Å². The molecule has 0 radical (unpaired) electrons. The molecule has 0 atom stereocenters. The number of anilines is 1. The number of hydrogen-bond acceptors (Lipinski definition) is 4. The Labute approximate surface area is 168 Å². The Hall–Kier alpha value is -2.86. The van der Waals surface area contributed by atoms with E-state index in [4.69, 9.17) is 4.42 Å². The van der Waals surface area contributed by atoms with Gasteiger partial charge in [-0.3, -0.25) is 9.59 Å². The highest BCUT2D eigenvalue weighted by Gasteiger charge is 2.24. The second-order valence-electron chi connectivity index (χ2n) is 7.10. The maximum absolute atomic E-state index is 13.1. The zero-order chi connectivity index (χ0) is 19.8. The third-order valence-electron chi connectivity index (χ3n) is 5.19. The molecular weight excluding hydrogens is 372 g/mol. The molecule has 2 amide bonds. The fourth-order valence-corrected chi connectivity index (χ4v) is 4.53. The molecule has 1 N–H and O–H groups in total. The van der Waals surface area contributed by atoms with Gasteiger partial charge in [-0.25, -0.2) is 0 Å². The number of furan rings is 1. The molecule has 0 fully saturated rings. The van der Waals surface area contributed by atoms with Crippen LogP contribution < -0.4 is 5.32 Å². The van der Waals surface area contributed by atoms with Crippen LogP contribution in [0.2, 0.25) is 0 Å². The van der Waals surface area contributed by atoms with Crippen LogP contribution >= 0.6 is 11.3 Å². The average Bonchev–Trinajstić information content (AvgIpc) is 3.27. The normalized spacial score (nSPS) is 13.3. The molecule has 144 valence electrons. The van der Waals surface area contributed by atoms with Gasteiger partial charge in [0.1, 0.15) is 11.5 Å². The third-order valence-corrected chi connectivity index (χ3v) is 6.22. The summed E-state index contributed by atoms with van der Waals surface area (Å²) in [6.45, 7) is 6.81. The monoisotopic (exact) mass is 394 g/mol. The Balaban J connectivity index is 1.56. The van der Waals surface area contributed by atoms with Gasteiger partial charge in [0.2, 0.25) is 0 Å². The lowest BCUT2D eigenvalue weighted by Gasteiger charge is -2.28. The Morgan fingerprint density at radius 3 is 2.71 bits per heavy atom. The first-order valence-electron chi connectivity index (χ1n) is 9.26. The van der Waals surface area contributed by atoms with Crippen molar-refractivity contribution in [2.75, 3.05) is 11.9 Å². The first-order valence-corrected chi connectivity index (χ1v) is 10.1. The number of rotatable bonds is 3. The molecule has 0 unspecified atom stereocenters. The van der Waals surface area contributed by atoms with Crippen molar-refractivity contribution in [2.45, 2.75) is 33.7 Å². The van der Waals surface area contributed by atoms with Crippen molar-refractivity contribution < 1.29 is 14.0 Å². The number of hydrogen-bond donors (Lipinski definition) is 1. The van der Waals surface area contributed by atoms with Crippen LogP contribution in [-0.4, -0.2) is 23.3 Å². The molecule has 0 spiro atoms. The van der Waals surface area contributed by atoms with Crippen molar-refractivity contribution >= 4 is 28.8 Å². The summed E-state index contributed by atoms with van der Waals surface area (Å²) >= 11 is 1.75. The van der Waals surface area contributed by atoms with Gasteiger partial charge in [-0.05, 0) is 68.0 Å². The van der Waals surface area contributed by atoms with Crippen molar-refractivity contribution in [3.05, 3.63) is 74.4 Å². The van der Waals surface area contributed by atoms with Crippen molar-refractivity contribution in [2.24, 2.45) is 0 Å². The highest BCUT2D eigenvalue weighted by molar-refractivity contribution is 7.10. The molecule has 3 heterocycles. The van der Waals surface area contributed by atoms with Crippen LogP contribution in [-0.2, 0) is 13.0 Å². The highest BCUT2D eigenvalue weighted by Crippen LogP contribution is 2.27. The molecule has 3 aromatic rings. The molecule has 0 saturated carbocycles. The van der Waals surface area contributed by atoms with Crippen molar-refractivity contribution in [3.63, 3.8) is 0 Å². The molecule has 5 nitrogen and oxygen atoms in total. The minimum absolute atomic E-state index is 0.000727. The molecule has 1 aliphatic rings. The summed E-state index contributed by atoms with van der Waals surface area (Å²) in [6, 6.07) is 9.27. The largest absolute Gasteiger partial charge is 0.466 e. The van der Waals surface area contributed by atoms with Gasteiger partial charge in [0, 0.05) is 29.2 Å². The molecule has 0 bridgehead atoms. The van der Waals surface area contributed by atoms with E-state index in [-0.39, 0.29) is 11.8 Å². The van der Waals surface area contributed by atoms with Gasteiger partial charge in [-0.15, -0.1) is 11.3 Å². The van der Waals surface area contributed by atoms with E-state index >= 15 is 0 Å². The van der Waals surface area contributed by atoms with E-state index in [9.17, 15) is 9.59 Å². The van der Waals surface area contributed by atoms with E-state index in [2.05, 4.69) is 16.8 Å². The van der Waals surface area contributed by atoms with Crippen LogP contribution in [0, 0.1) is 20.8 Å². The van der Waals surface area contributed by atoms with Crippen LogP contribution in [0.1, 0.15) is 48.2 Å². The van der Waals surface area contributed by atoms with Gasteiger partial charge in [0.05, 0.1) is 5.56 Å². The fraction of sp³-hybridized carbons (Fsp3) is 0.273. The number of benzene rings is 1. The predicted octanol–water partition coefficient (Wildman–Crippen LogP) is 4.72. The van der Waals surface area contributed by atoms with E-state index in [1.165, 1.54) is 10.4 Å². The first kappa shape index (κ1) is 18.5. The van der Waals surface area contributed by atoms with Gasteiger partial charge in [0.15, 0.2) is 0 Å². The van der Waals surface area contributed by atoms with E-state index in [0.29, 0.717) is 34.9 Å². The molecular formula is C22H22N2O3S. The summed E-state index contributed by atoms with van der Waals surface area (Å²) in [6.07, 6.45) is 0.896. The number of nitrogens with zero attached hydrogens (tertiary/aromatic N) is 1. The second kappa shape index (κ2) is 7.28. The van der Waals surface area contributed by atoms with Gasteiger partial charge in [-0.1, -0.05) is 6.07 Å². The zero-order valence-electron chi connectivity index (χ0n) is 16.2. The molecule has 28 heavy (non-hydrogen) atoms. The molecule has 1 aliphatic heterocycles. The molecule has 4 rings (SSSR count). The van der Waals surface area contributed by atoms with E-state index in [0.717, 1.165) is 18.5 Å². The minimum atomic E-state index is -0.233. The summed E-state index contributed by atoms with van der Waals surface area (Å²) in [5, 5.41) is 5.01. The van der Waals surface area contributed by atoms with Crippen molar-refractivity contribution in [1.82, 2.24) is 4.90 Å². The summed E-state index contributed by atoms with van der Waals surface area (Å²) in [5.41, 5.74) is 3.78. The molecule has 0 aliphatic carbocycles. The molecule has 1 aromatic carbocycles. The number of carbonyl (C=O) groups is 2. The quantitative estimate of drug-likeness (QED) is 0.699. The lowest BCUT2D eigenvalue weighted by Crippen LogP contribution is -2.35. The highest BCUT2D eigenvalue weighted by atomic mass is 32.1. The molecule has 0 saturated heterocycles. The Kier molecular flexibility index (Phi) is 4.81. The number of aryl methyl sites for hydroxylation is 2. The lowest BCUT2D eigenvalue weighted by atomic mass is 10.0. The number of nitrogens with one attached hydrogen (secondary N) is 1. The Morgan fingerprint density at radius 1 is 1.14 bits per heavy atom. The zero-order valence-corrected chi connectivity index (χ0v) is 17.0. The number of carbonyl (C=O) groups excluding carboxylic acids is 2. The van der Waals surface area contributed by atoms with Crippen LogP contribution in [0.3, 0.4) is 0 Å². The maximum atomic E-state index is 13.1. The maximum Gasteiger partial charge on any atom is 0.259 e. The SMILES string of the molecule is Cc1cc(C(=O)Nc2cccc(C(=O)N3CCc4sccc4C3)c2C)c(C)o1. The van der Waals surface area contributed by atoms with Crippen LogP contribution in [0.5, 0.6) is 0 Å². The summed E-state index contributed by atoms with van der Waals surface area (Å²) in [4.78, 5) is 29.0. The van der Waals surface area contributed by atoms with E-state index in [1.807, 2.05) is 36.9 Å². The Bertz CT molecular complexity index is 1060. The lowest BCUT2D eigenvalue weighted by molar-refractivity contribution is 0.0735. The average molecular weight is 394 g/mol. The third kappa shape index (κ3) is 3.36. The van der Waals surface area contributed by atoms with E-state index in [1.54, 1.807) is 24.3 Å². The van der Waals surface area contributed by atoms with E-state index < -0.39 is 0 Å². The van der Waals surface area contributed by atoms with Gasteiger partial charge >= 0.3 is 0 Å². The predicted molar refractivity (Wildman–Crippen MR) is 110 cm³/mol. The second-order valence-corrected chi connectivity index (χ2v) is 8.11. The number of thiophene rings is 1. The van der Waals surface area contributed by atoms with Crippen molar-refractivity contribution in [1.29, 1.82) is 0 Å². The minimum Gasteiger partial charge on any atom is -0.466 e.